The maximum atomic E-state index is 4.76. The van der Waals surface area contributed by atoms with Gasteiger partial charge in [-0.2, -0.15) is 5.10 Å². The zero-order valence-corrected chi connectivity index (χ0v) is 15.1. The number of pyridine rings is 2. The molecule has 0 amide bonds. The van der Waals surface area contributed by atoms with Gasteiger partial charge in [0.1, 0.15) is 0 Å². The summed E-state index contributed by atoms with van der Waals surface area (Å²) in [4.78, 5) is 9.68. The standard InChI is InChI=1S/C21H23N5/c1-24-8-10-25(11-9-24)15-16-12-20-19(2-3-21(20)22-14-16)17-5-7-26-18(13-17)4-6-23-26/h2,4-7,12-14H,3,8-11,15H2,1H3. The van der Waals surface area contributed by atoms with Gasteiger partial charge in [0.2, 0.25) is 0 Å². The maximum absolute atomic E-state index is 4.76. The van der Waals surface area contributed by atoms with Crippen LogP contribution in [-0.2, 0) is 13.0 Å². The maximum Gasteiger partial charge on any atom is 0.0667 e. The number of allylic oxidation sites excluding steroid dienone is 1. The number of piperazine rings is 1. The second-order valence-corrected chi connectivity index (χ2v) is 7.36. The molecule has 3 aromatic rings. The highest BCUT2D eigenvalue weighted by Crippen LogP contribution is 2.32. The second kappa shape index (κ2) is 6.34. The molecule has 0 atom stereocenters. The Balaban J connectivity index is 1.42. The van der Waals surface area contributed by atoms with Gasteiger partial charge in [-0.05, 0) is 48.0 Å². The molecule has 5 nitrogen and oxygen atoms in total. The van der Waals surface area contributed by atoms with Crippen molar-refractivity contribution in [2.24, 2.45) is 0 Å². The Morgan fingerprint density at radius 2 is 1.96 bits per heavy atom. The van der Waals surface area contributed by atoms with Crippen LogP contribution in [0.3, 0.4) is 0 Å². The van der Waals surface area contributed by atoms with Crippen LogP contribution >= 0.6 is 0 Å². The first-order valence-corrected chi connectivity index (χ1v) is 9.29. The summed E-state index contributed by atoms with van der Waals surface area (Å²) in [7, 11) is 2.20. The molecule has 5 rings (SSSR count). The lowest BCUT2D eigenvalue weighted by atomic mass is 10.0. The van der Waals surface area contributed by atoms with E-state index in [0.29, 0.717) is 0 Å². The first kappa shape index (κ1) is 15.7. The van der Waals surface area contributed by atoms with Gasteiger partial charge in [0.15, 0.2) is 0 Å². The molecule has 1 saturated heterocycles. The highest BCUT2D eigenvalue weighted by molar-refractivity contribution is 5.85. The number of hydrogen-bond donors (Lipinski definition) is 0. The van der Waals surface area contributed by atoms with E-state index >= 15 is 0 Å². The van der Waals surface area contributed by atoms with Gasteiger partial charge in [0, 0.05) is 63.3 Å². The smallest absolute Gasteiger partial charge is 0.0667 e. The molecule has 1 aliphatic heterocycles. The molecule has 0 N–H and O–H groups in total. The molecule has 0 bridgehead atoms. The summed E-state index contributed by atoms with van der Waals surface area (Å²) < 4.78 is 1.90. The Bertz CT molecular complexity index is 979. The lowest BCUT2D eigenvalue weighted by Gasteiger charge is -2.32. The van der Waals surface area contributed by atoms with Gasteiger partial charge in [0.25, 0.3) is 0 Å². The quantitative estimate of drug-likeness (QED) is 0.731. The van der Waals surface area contributed by atoms with Crippen molar-refractivity contribution in [3.8, 4) is 0 Å². The largest absolute Gasteiger partial charge is 0.304 e. The van der Waals surface area contributed by atoms with E-state index in [-0.39, 0.29) is 0 Å². The van der Waals surface area contributed by atoms with E-state index in [4.69, 9.17) is 4.98 Å². The van der Waals surface area contributed by atoms with Crippen LogP contribution in [0.4, 0.5) is 0 Å². The monoisotopic (exact) mass is 345 g/mol. The Morgan fingerprint density at radius 3 is 2.85 bits per heavy atom. The Kier molecular flexibility index (Phi) is 3.84. The van der Waals surface area contributed by atoms with Crippen LogP contribution in [-0.4, -0.2) is 57.6 Å². The molecule has 4 heterocycles. The Hall–Kier alpha value is -2.50. The molecule has 0 spiro atoms. The molecule has 26 heavy (non-hydrogen) atoms. The van der Waals surface area contributed by atoms with Crippen LogP contribution in [0.1, 0.15) is 22.4 Å². The van der Waals surface area contributed by atoms with Crippen molar-refractivity contribution in [1.29, 1.82) is 0 Å². The van der Waals surface area contributed by atoms with Crippen molar-refractivity contribution < 1.29 is 0 Å². The lowest BCUT2D eigenvalue weighted by Crippen LogP contribution is -2.43. The van der Waals surface area contributed by atoms with Crippen LogP contribution in [0, 0.1) is 0 Å². The SMILES string of the molecule is CN1CCN(Cc2cnc3c(c2)C(c2ccn4nccc4c2)=CC3)CC1. The van der Waals surface area contributed by atoms with E-state index in [2.05, 4.69) is 52.4 Å². The van der Waals surface area contributed by atoms with Crippen LogP contribution in [0.25, 0.3) is 11.1 Å². The Morgan fingerprint density at radius 1 is 1.08 bits per heavy atom. The predicted octanol–water partition coefficient (Wildman–Crippen LogP) is 2.46. The highest BCUT2D eigenvalue weighted by Gasteiger charge is 2.19. The van der Waals surface area contributed by atoms with Crippen molar-refractivity contribution >= 4 is 11.1 Å². The average Bonchev–Trinajstić information content (AvgIpc) is 3.29. The van der Waals surface area contributed by atoms with Crippen molar-refractivity contribution in [1.82, 2.24) is 24.4 Å². The van der Waals surface area contributed by atoms with Gasteiger partial charge in [-0.1, -0.05) is 6.08 Å². The van der Waals surface area contributed by atoms with E-state index in [1.807, 2.05) is 23.0 Å². The van der Waals surface area contributed by atoms with E-state index < -0.39 is 0 Å². The molecule has 0 radical (unpaired) electrons. The van der Waals surface area contributed by atoms with Crippen LogP contribution in [0.2, 0.25) is 0 Å². The minimum atomic E-state index is 0.921. The summed E-state index contributed by atoms with van der Waals surface area (Å²) in [5, 5.41) is 4.29. The van der Waals surface area contributed by atoms with Crippen LogP contribution in [0.15, 0.2) is 48.9 Å². The van der Waals surface area contributed by atoms with Crippen molar-refractivity contribution in [3.05, 3.63) is 71.3 Å². The van der Waals surface area contributed by atoms with Crippen LogP contribution < -0.4 is 0 Å². The van der Waals surface area contributed by atoms with Gasteiger partial charge in [-0.3, -0.25) is 9.88 Å². The second-order valence-electron chi connectivity index (χ2n) is 7.36. The van der Waals surface area contributed by atoms with Gasteiger partial charge < -0.3 is 4.90 Å². The summed E-state index contributed by atoms with van der Waals surface area (Å²) >= 11 is 0. The molecule has 0 saturated carbocycles. The third-order valence-electron chi connectivity index (χ3n) is 5.53. The van der Waals surface area contributed by atoms with Crippen molar-refractivity contribution in [3.63, 3.8) is 0 Å². The summed E-state index contributed by atoms with van der Waals surface area (Å²) in [5.41, 5.74) is 7.47. The number of hydrogen-bond acceptors (Lipinski definition) is 4. The molecule has 2 aliphatic rings. The molecule has 0 unspecified atom stereocenters. The van der Waals surface area contributed by atoms with E-state index in [0.717, 1.165) is 44.7 Å². The fraction of sp³-hybridized carbons (Fsp3) is 0.333. The van der Waals surface area contributed by atoms with E-state index in [1.54, 1.807) is 0 Å². The summed E-state index contributed by atoms with van der Waals surface area (Å²) in [5.74, 6) is 0. The molecule has 1 fully saturated rings. The molecule has 132 valence electrons. The number of likely N-dealkylation sites (N-methyl/N-ethyl adjacent to an activating group) is 1. The third-order valence-corrected chi connectivity index (χ3v) is 5.53. The number of nitrogens with zero attached hydrogens (tertiary/aromatic N) is 5. The molecule has 0 aromatic carbocycles. The number of fused-ring (bicyclic) bond motifs is 2. The van der Waals surface area contributed by atoms with Gasteiger partial charge >= 0.3 is 0 Å². The van der Waals surface area contributed by atoms with Gasteiger partial charge in [0.05, 0.1) is 11.2 Å². The number of rotatable bonds is 3. The molecule has 1 aliphatic carbocycles. The van der Waals surface area contributed by atoms with Crippen molar-refractivity contribution in [2.75, 3.05) is 33.2 Å². The molecular formula is C21H23N5. The third kappa shape index (κ3) is 2.83. The Labute approximate surface area is 153 Å². The molecule has 5 heteroatoms. The minimum Gasteiger partial charge on any atom is -0.304 e. The predicted molar refractivity (Wildman–Crippen MR) is 103 cm³/mol. The topological polar surface area (TPSA) is 36.7 Å². The van der Waals surface area contributed by atoms with E-state index in [9.17, 15) is 0 Å². The lowest BCUT2D eigenvalue weighted by molar-refractivity contribution is 0.148. The zero-order valence-electron chi connectivity index (χ0n) is 15.1. The zero-order chi connectivity index (χ0) is 17.5. The van der Waals surface area contributed by atoms with Gasteiger partial charge in [-0.15, -0.1) is 0 Å². The van der Waals surface area contributed by atoms with Crippen molar-refractivity contribution in [2.45, 2.75) is 13.0 Å². The summed E-state index contributed by atoms with van der Waals surface area (Å²) in [6.07, 6.45) is 9.16. The minimum absolute atomic E-state index is 0.921. The summed E-state index contributed by atoms with van der Waals surface area (Å²) in [6.45, 7) is 5.55. The van der Waals surface area contributed by atoms with E-state index in [1.165, 1.54) is 28.0 Å². The first-order valence-electron chi connectivity index (χ1n) is 9.29. The highest BCUT2D eigenvalue weighted by atomic mass is 15.2. The first-order chi connectivity index (χ1) is 12.8. The number of aromatic nitrogens is 3. The average molecular weight is 345 g/mol. The fourth-order valence-corrected chi connectivity index (χ4v) is 3.95. The molecular weight excluding hydrogens is 322 g/mol. The summed E-state index contributed by atoms with van der Waals surface area (Å²) in [6, 6.07) is 8.75. The van der Waals surface area contributed by atoms with Crippen LogP contribution in [0.5, 0.6) is 0 Å². The molecule has 3 aromatic heterocycles. The fourth-order valence-electron chi connectivity index (χ4n) is 3.95. The van der Waals surface area contributed by atoms with Gasteiger partial charge in [-0.25, -0.2) is 4.52 Å². The normalized spacial score (nSPS) is 18.3.